The van der Waals surface area contributed by atoms with Gasteiger partial charge in [-0.05, 0) is 34.8 Å². The van der Waals surface area contributed by atoms with Crippen LogP contribution in [0.4, 0.5) is 5.69 Å². The molecule has 1 unspecified atom stereocenters. The van der Waals surface area contributed by atoms with E-state index in [1.807, 2.05) is 6.92 Å². The topological polar surface area (TPSA) is 62.0 Å². The molecule has 1 aromatic rings. The zero-order valence-corrected chi connectivity index (χ0v) is 13.8. The molecule has 2 N–H and O–H groups in total. The molecule has 0 aliphatic rings. The van der Waals surface area contributed by atoms with E-state index in [9.17, 15) is 9.59 Å². The molecule has 1 atom stereocenters. The highest BCUT2D eigenvalue weighted by Gasteiger charge is 2.17. The van der Waals surface area contributed by atoms with Crippen LogP contribution in [0.3, 0.4) is 0 Å². The fraction of sp³-hybridized carbons (Fsp3) is 0.600. The van der Waals surface area contributed by atoms with E-state index < -0.39 is 0 Å². The molecule has 20 heavy (non-hydrogen) atoms. The summed E-state index contributed by atoms with van der Waals surface area (Å²) in [7, 11) is 0. The Morgan fingerprint density at radius 3 is 2.75 bits per heavy atom. The largest absolute Gasteiger partial charge is 0.326 e. The summed E-state index contributed by atoms with van der Waals surface area (Å²) >= 11 is 3.28. The van der Waals surface area contributed by atoms with Gasteiger partial charge >= 0.3 is 0 Å². The number of H-pyrrole nitrogens is 1. The number of unbranched alkanes of at least 4 members (excludes halogenated alkanes) is 3. The molecule has 1 amide bonds. The van der Waals surface area contributed by atoms with Gasteiger partial charge in [-0.3, -0.25) is 9.59 Å². The van der Waals surface area contributed by atoms with Crippen molar-refractivity contribution < 1.29 is 4.79 Å². The van der Waals surface area contributed by atoms with Crippen LogP contribution in [0.15, 0.2) is 21.5 Å². The van der Waals surface area contributed by atoms with Crippen molar-refractivity contribution in [3.63, 3.8) is 0 Å². The molecule has 0 aromatic carbocycles. The second-order valence-electron chi connectivity index (χ2n) is 5.00. The van der Waals surface area contributed by atoms with Gasteiger partial charge in [0, 0.05) is 16.6 Å². The Hall–Kier alpha value is -1.10. The van der Waals surface area contributed by atoms with Crippen molar-refractivity contribution in [2.75, 3.05) is 5.32 Å². The lowest BCUT2D eigenvalue weighted by molar-refractivity contribution is -0.120. The van der Waals surface area contributed by atoms with Crippen LogP contribution in [0.5, 0.6) is 0 Å². The van der Waals surface area contributed by atoms with Crippen molar-refractivity contribution in [2.24, 2.45) is 5.92 Å². The van der Waals surface area contributed by atoms with Crippen LogP contribution in [-0.4, -0.2) is 10.9 Å². The second-order valence-corrected chi connectivity index (χ2v) is 5.92. The number of pyridine rings is 1. The van der Waals surface area contributed by atoms with Crippen LogP contribution in [-0.2, 0) is 4.79 Å². The molecule has 112 valence electrons. The third-order valence-electron chi connectivity index (χ3n) is 3.40. The number of aromatic amines is 1. The van der Waals surface area contributed by atoms with Gasteiger partial charge in [0.1, 0.15) is 5.69 Å². The quantitative estimate of drug-likeness (QED) is 0.699. The van der Waals surface area contributed by atoms with Crippen LogP contribution in [0, 0.1) is 5.92 Å². The Morgan fingerprint density at radius 2 is 2.10 bits per heavy atom. The molecule has 1 rings (SSSR count). The fourth-order valence-electron chi connectivity index (χ4n) is 2.12. The minimum Gasteiger partial charge on any atom is -0.326 e. The van der Waals surface area contributed by atoms with Gasteiger partial charge in [0.05, 0.1) is 0 Å². The maximum Gasteiger partial charge on any atom is 0.271 e. The highest BCUT2D eigenvalue weighted by Crippen LogP contribution is 2.17. The minimum atomic E-state index is -0.276. The average molecular weight is 343 g/mol. The number of halogens is 1. The number of carbonyl (C=O) groups is 1. The molecule has 0 saturated heterocycles. The van der Waals surface area contributed by atoms with Crippen molar-refractivity contribution in [2.45, 2.75) is 52.4 Å². The molecular formula is C15H23BrN2O2. The molecule has 0 bridgehead atoms. The minimum absolute atomic E-state index is 0.0229. The molecule has 1 aromatic heterocycles. The first-order valence-corrected chi connectivity index (χ1v) is 8.06. The molecule has 5 heteroatoms. The average Bonchev–Trinajstić information content (AvgIpc) is 2.43. The maximum atomic E-state index is 12.2. The van der Waals surface area contributed by atoms with Crippen LogP contribution in [0.2, 0.25) is 0 Å². The third-order valence-corrected chi connectivity index (χ3v) is 3.85. The first kappa shape index (κ1) is 17.0. The predicted molar refractivity (Wildman–Crippen MR) is 85.9 cm³/mol. The fourth-order valence-corrected chi connectivity index (χ4v) is 2.47. The zero-order valence-electron chi connectivity index (χ0n) is 12.2. The van der Waals surface area contributed by atoms with E-state index in [1.54, 1.807) is 12.3 Å². The van der Waals surface area contributed by atoms with Gasteiger partial charge < -0.3 is 10.3 Å². The van der Waals surface area contributed by atoms with Gasteiger partial charge in [0.2, 0.25) is 5.91 Å². The normalized spacial score (nSPS) is 12.2. The number of carbonyl (C=O) groups excluding carboxylic acids is 1. The van der Waals surface area contributed by atoms with E-state index >= 15 is 0 Å². The summed E-state index contributed by atoms with van der Waals surface area (Å²) in [6, 6.07) is 1.63. The lowest BCUT2D eigenvalue weighted by Crippen LogP contribution is -2.26. The summed E-state index contributed by atoms with van der Waals surface area (Å²) in [4.78, 5) is 26.4. The highest BCUT2D eigenvalue weighted by molar-refractivity contribution is 9.10. The molecule has 0 aliphatic heterocycles. The van der Waals surface area contributed by atoms with E-state index in [2.05, 4.69) is 33.2 Å². The van der Waals surface area contributed by atoms with Gasteiger partial charge in [0.25, 0.3) is 5.56 Å². The highest BCUT2D eigenvalue weighted by atomic mass is 79.9. The second kappa shape index (κ2) is 8.95. The lowest BCUT2D eigenvalue weighted by Gasteiger charge is -2.14. The standard InChI is InChI=1S/C15H23BrN2O2/c1-3-5-6-7-8-11(4-2)14(19)18-13-9-12(16)10-17-15(13)20/h9-11H,3-8H2,1-2H3,(H,17,20)(H,18,19). The zero-order chi connectivity index (χ0) is 15.0. The molecular weight excluding hydrogens is 320 g/mol. The van der Waals surface area contributed by atoms with Gasteiger partial charge in [-0.15, -0.1) is 0 Å². The summed E-state index contributed by atoms with van der Waals surface area (Å²) in [5, 5.41) is 2.73. The van der Waals surface area contributed by atoms with Gasteiger partial charge in [-0.1, -0.05) is 39.5 Å². The summed E-state index contributed by atoms with van der Waals surface area (Å²) in [6.07, 6.45) is 7.87. The molecule has 0 radical (unpaired) electrons. The molecule has 4 nitrogen and oxygen atoms in total. The first-order valence-electron chi connectivity index (χ1n) is 7.27. The predicted octanol–water partition coefficient (Wildman–Crippen LogP) is 4.07. The number of nitrogens with one attached hydrogen (secondary N) is 2. The Kier molecular flexibility index (Phi) is 7.59. The Bertz CT molecular complexity index is 485. The van der Waals surface area contributed by atoms with Crippen molar-refractivity contribution in [1.29, 1.82) is 0 Å². The summed E-state index contributed by atoms with van der Waals surface area (Å²) < 4.78 is 0.739. The number of hydrogen-bond acceptors (Lipinski definition) is 2. The summed E-state index contributed by atoms with van der Waals surface area (Å²) in [6.45, 7) is 4.18. The number of anilines is 1. The van der Waals surface area contributed by atoms with Crippen LogP contribution >= 0.6 is 15.9 Å². The van der Waals surface area contributed by atoms with Crippen LogP contribution < -0.4 is 10.9 Å². The number of rotatable bonds is 8. The van der Waals surface area contributed by atoms with Gasteiger partial charge in [0.15, 0.2) is 0 Å². The van der Waals surface area contributed by atoms with Crippen molar-refractivity contribution in [1.82, 2.24) is 4.98 Å². The third kappa shape index (κ3) is 5.49. The Labute approximate surface area is 128 Å². The first-order chi connectivity index (χ1) is 9.58. The Balaban J connectivity index is 2.58. The van der Waals surface area contributed by atoms with E-state index in [0.717, 1.165) is 30.2 Å². The molecule has 0 aliphatic carbocycles. The van der Waals surface area contributed by atoms with Crippen molar-refractivity contribution in [3.05, 3.63) is 27.1 Å². The van der Waals surface area contributed by atoms with E-state index in [1.165, 1.54) is 12.8 Å². The number of aromatic nitrogens is 1. The van der Waals surface area contributed by atoms with Gasteiger partial charge in [-0.25, -0.2) is 0 Å². The smallest absolute Gasteiger partial charge is 0.271 e. The van der Waals surface area contributed by atoms with Crippen molar-refractivity contribution in [3.8, 4) is 0 Å². The number of amides is 1. The summed E-state index contributed by atoms with van der Waals surface area (Å²) in [5.74, 6) is -0.0853. The Morgan fingerprint density at radius 1 is 1.35 bits per heavy atom. The number of hydrogen-bond donors (Lipinski definition) is 2. The summed E-state index contributed by atoms with van der Waals surface area (Å²) in [5.41, 5.74) is 0.0266. The lowest BCUT2D eigenvalue weighted by atomic mass is 9.97. The van der Waals surface area contributed by atoms with Crippen LogP contribution in [0.1, 0.15) is 52.4 Å². The van der Waals surface area contributed by atoms with Gasteiger partial charge in [-0.2, -0.15) is 0 Å². The molecule has 0 fully saturated rings. The molecule has 0 spiro atoms. The monoisotopic (exact) mass is 342 g/mol. The molecule has 1 heterocycles. The van der Waals surface area contributed by atoms with Crippen molar-refractivity contribution >= 4 is 27.5 Å². The van der Waals surface area contributed by atoms with E-state index in [4.69, 9.17) is 0 Å². The van der Waals surface area contributed by atoms with E-state index in [0.29, 0.717) is 5.69 Å². The maximum absolute atomic E-state index is 12.2. The SMILES string of the molecule is CCCCCCC(CC)C(=O)Nc1cc(Br)c[nH]c1=O. The van der Waals surface area contributed by atoms with E-state index in [-0.39, 0.29) is 17.4 Å². The molecule has 0 saturated carbocycles. The van der Waals surface area contributed by atoms with Crippen LogP contribution in [0.25, 0.3) is 0 Å².